The van der Waals surface area contributed by atoms with E-state index < -0.39 is 10.8 Å². The number of likely N-dealkylation sites (N-methyl/N-ethyl adjacent to an activating group) is 1. The molecule has 0 N–H and O–H groups in total. The fraction of sp³-hybridized carbons (Fsp3) is 0.350. The molecule has 1 heterocycles. The second kappa shape index (κ2) is 8.16. The summed E-state index contributed by atoms with van der Waals surface area (Å²) in [5.74, 6) is 0.853. The number of nitro groups is 1. The second-order valence-corrected chi connectivity index (χ2v) is 6.67. The summed E-state index contributed by atoms with van der Waals surface area (Å²) >= 11 is 0. The first-order valence-electron chi connectivity index (χ1n) is 8.90. The number of hydrogen-bond donors (Lipinski definition) is 0. The Labute approximate surface area is 162 Å². The van der Waals surface area contributed by atoms with Gasteiger partial charge in [0.25, 0.3) is 11.6 Å². The molecule has 1 amide bonds. The second-order valence-electron chi connectivity index (χ2n) is 6.67. The minimum Gasteiger partial charge on any atom is -0.492 e. The highest BCUT2D eigenvalue weighted by molar-refractivity contribution is 5.99. The third-order valence-electron chi connectivity index (χ3n) is 4.32. The van der Waals surface area contributed by atoms with Crippen LogP contribution in [0.2, 0.25) is 0 Å². The maximum absolute atomic E-state index is 12.8. The average molecular weight is 386 g/mol. The van der Waals surface area contributed by atoms with Gasteiger partial charge in [-0.15, -0.1) is 0 Å². The molecule has 0 saturated carbocycles. The van der Waals surface area contributed by atoms with Gasteiger partial charge in [0, 0.05) is 13.1 Å². The Morgan fingerprint density at radius 1 is 1.11 bits per heavy atom. The van der Waals surface area contributed by atoms with E-state index in [4.69, 9.17) is 14.2 Å². The van der Waals surface area contributed by atoms with Gasteiger partial charge >= 0.3 is 0 Å². The number of aryl methyl sites for hydroxylation is 2. The van der Waals surface area contributed by atoms with Crippen molar-refractivity contribution >= 4 is 11.6 Å². The molecule has 0 fully saturated rings. The van der Waals surface area contributed by atoms with E-state index in [1.807, 2.05) is 32.0 Å². The van der Waals surface area contributed by atoms with Gasteiger partial charge in [-0.05, 0) is 37.1 Å². The number of carbonyl (C=O) groups excluding carboxylic acids is 1. The van der Waals surface area contributed by atoms with E-state index in [2.05, 4.69) is 0 Å². The summed E-state index contributed by atoms with van der Waals surface area (Å²) in [6.45, 7) is 5.15. The van der Waals surface area contributed by atoms with Crippen molar-refractivity contribution in [3.05, 3.63) is 57.1 Å². The van der Waals surface area contributed by atoms with Crippen LogP contribution in [0.3, 0.4) is 0 Å². The van der Waals surface area contributed by atoms with E-state index in [0.29, 0.717) is 19.0 Å². The highest BCUT2D eigenvalue weighted by Crippen LogP contribution is 2.37. The SMILES string of the molecule is Cc1cc(C)cc(OCCN(C)C(=O)c2cc3c(cc2[N+](=O)[O-])OCCO3)c1. The van der Waals surface area contributed by atoms with E-state index in [9.17, 15) is 14.9 Å². The summed E-state index contributed by atoms with van der Waals surface area (Å²) in [7, 11) is 1.58. The number of nitro benzene ring substituents is 1. The van der Waals surface area contributed by atoms with Crippen LogP contribution in [0, 0.1) is 24.0 Å². The molecule has 0 aliphatic carbocycles. The summed E-state index contributed by atoms with van der Waals surface area (Å²) in [4.78, 5) is 25.0. The van der Waals surface area contributed by atoms with Gasteiger partial charge in [0.15, 0.2) is 11.5 Å². The van der Waals surface area contributed by atoms with E-state index in [-0.39, 0.29) is 30.2 Å². The number of rotatable bonds is 6. The molecular weight excluding hydrogens is 364 g/mol. The summed E-state index contributed by atoms with van der Waals surface area (Å²) in [5, 5.41) is 11.4. The summed E-state index contributed by atoms with van der Waals surface area (Å²) in [5.41, 5.74) is 1.83. The van der Waals surface area contributed by atoms with E-state index in [1.165, 1.54) is 17.0 Å². The van der Waals surface area contributed by atoms with Crippen molar-refractivity contribution in [2.75, 3.05) is 33.4 Å². The van der Waals surface area contributed by atoms with Gasteiger partial charge in [0.05, 0.1) is 17.5 Å². The zero-order valence-electron chi connectivity index (χ0n) is 16.1. The minimum atomic E-state index is -0.592. The van der Waals surface area contributed by atoms with E-state index in [0.717, 1.165) is 16.9 Å². The number of fused-ring (bicyclic) bond motifs is 1. The van der Waals surface area contributed by atoms with Gasteiger partial charge in [-0.3, -0.25) is 14.9 Å². The minimum absolute atomic E-state index is 0.0387. The quantitative estimate of drug-likeness (QED) is 0.560. The predicted octanol–water partition coefficient (Wildman–Crippen LogP) is 3.13. The zero-order valence-corrected chi connectivity index (χ0v) is 16.1. The molecule has 0 bridgehead atoms. The van der Waals surface area contributed by atoms with Crippen LogP contribution < -0.4 is 14.2 Å². The molecule has 8 nitrogen and oxygen atoms in total. The lowest BCUT2D eigenvalue weighted by atomic mass is 10.1. The molecule has 0 radical (unpaired) electrons. The van der Waals surface area contributed by atoms with Crippen LogP contribution in [0.5, 0.6) is 17.2 Å². The molecule has 0 saturated heterocycles. The molecule has 2 aromatic carbocycles. The number of hydrogen-bond acceptors (Lipinski definition) is 6. The van der Waals surface area contributed by atoms with Crippen molar-refractivity contribution in [1.29, 1.82) is 0 Å². The van der Waals surface area contributed by atoms with Gasteiger partial charge in [0.1, 0.15) is 31.1 Å². The molecule has 0 spiro atoms. The molecule has 0 unspecified atom stereocenters. The first-order valence-corrected chi connectivity index (χ1v) is 8.90. The van der Waals surface area contributed by atoms with Crippen LogP contribution in [-0.4, -0.2) is 49.1 Å². The van der Waals surface area contributed by atoms with Crippen LogP contribution in [0.4, 0.5) is 5.69 Å². The topological polar surface area (TPSA) is 91.1 Å². The van der Waals surface area contributed by atoms with E-state index >= 15 is 0 Å². The fourth-order valence-corrected chi connectivity index (χ4v) is 3.02. The number of ether oxygens (including phenoxy) is 3. The zero-order chi connectivity index (χ0) is 20.3. The van der Waals surface area contributed by atoms with Crippen LogP contribution >= 0.6 is 0 Å². The lowest BCUT2D eigenvalue weighted by Crippen LogP contribution is -2.31. The van der Waals surface area contributed by atoms with Gasteiger partial charge in [-0.2, -0.15) is 0 Å². The van der Waals surface area contributed by atoms with Crippen LogP contribution in [0.15, 0.2) is 30.3 Å². The highest BCUT2D eigenvalue weighted by atomic mass is 16.6. The molecule has 28 heavy (non-hydrogen) atoms. The Kier molecular flexibility index (Phi) is 5.67. The number of carbonyl (C=O) groups is 1. The van der Waals surface area contributed by atoms with Gasteiger partial charge < -0.3 is 19.1 Å². The Morgan fingerprint density at radius 3 is 2.32 bits per heavy atom. The molecule has 2 aromatic rings. The Morgan fingerprint density at radius 2 is 1.71 bits per heavy atom. The van der Waals surface area contributed by atoms with Gasteiger partial charge in [-0.1, -0.05) is 6.07 Å². The molecule has 8 heteroatoms. The van der Waals surface area contributed by atoms with Crippen molar-refractivity contribution < 1.29 is 23.9 Å². The lowest BCUT2D eigenvalue weighted by molar-refractivity contribution is -0.385. The normalized spacial score (nSPS) is 12.4. The molecular formula is C20H22N2O6. The maximum atomic E-state index is 12.8. The third-order valence-corrected chi connectivity index (χ3v) is 4.32. The fourth-order valence-electron chi connectivity index (χ4n) is 3.02. The van der Waals surface area contributed by atoms with Gasteiger partial charge in [0.2, 0.25) is 0 Å². The average Bonchev–Trinajstić information content (AvgIpc) is 2.65. The standard InChI is InChI=1S/C20H22N2O6/c1-13-8-14(2)10-15(9-13)26-5-4-21(3)20(23)16-11-18-19(28-7-6-27-18)12-17(16)22(24)25/h8-12H,4-7H2,1-3H3. The first-order chi connectivity index (χ1) is 13.3. The molecule has 1 aliphatic heterocycles. The smallest absolute Gasteiger partial charge is 0.286 e. The largest absolute Gasteiger partial charge is 0.492 e. The monoisotopic (exact) mass is 386 g/mol. The maximum Gasteiger partial charge on any atom is 0.286 e. The van der Waals surface area contributed by atoms with Crippen molar-refractivity contribution in [2.24, 2.45) is 0 Å². The van der Waals surface area contributed by atoms with Crippen molar-refractivity contribution in [1.82, 2.24) is 4.90 Å². The summed E-state index contributed by atoms with van der Waals surface area (Å²) in [6.07, 6.45) is 0. The molecule has 3 rings (SSSR count). The van der Waals surface area contributed by atoms with Gasteiger partial charge in [-0.25, -0.2) is 0 Å². The first kappa shape index (κ1) is 19.5. The summed E-state index contributed by atoms with van der Waals surface area (Å²) in [6, 6.07) is 8.49. The molecule has 1 aliphatic rings. The molecule has 0 atom stereocenters. The molecule has 0 aromatic heterocycles. The highest BCUT2D eigenvalue weighted by Gasteiger charge is 2.28. The lowest BCUT2D eigenvalue weighted by Gasteiger charge is -2.21. The Balaban J connectivity index is 1.71. The number of benzene rings is 2. The van der Waals surface area contributed by atoms with Crippen LogP contribution in [0.25, 0.3) is 0 Å². The summed E-state index contributed by atoms with van der Waals surface area (Å²) < 4.78 is 16.5. The van der Waals surface area contributed by atoms with Crippen molar-refractivity contribution in [3.63, 3.8) is 0 Å². The van der Waals surface area contributed by atoms with Crippen molar-refractivity contribution in [3.8, 4) is 17.2 Å². The predicted molar refractivity (Wildman–Crippen MR) is 102 cm³/mol. The Bertz CT molecular complexity index is 892. The van der Waals surface area contributed by atoms with Crippen LogP contribution in [0.1, 0.15) is 21.5 Å². The molecule has 148 valence electrons. The van der Waals surface area contributed by atoms with Crippen LogP contribution in [-0.2, 0) is 0 Å². The number of amides is 1. The third kappa shape index (κ3) is 4.33. The van der Waals surface area contributed by atoms with E-state index in [1.54, 1.807) is 7.05 Å². The Hall–Kier alpha value is -3.29. The van der Waals surface area contributed by atoms with Crippen molar-refractivity contribution in [2.45, 2.75) is 13.8 Å². The number of nitrogens with zero attached hydrogens (tertiary/aromatic N) is 2.